The van der Waals surface area contributed by atoms with Gasteiger partial charge in [-0.15, -0.1) is 0 Å². The van der Waals surface area contributed by atoms with E-state index in [9.17, 15) is 0 Å². The molecule has 112 valence electrons. The summed E-state index contributed by atoms with van der Waals surface area (Å²) in [6.45, 7) is 0. The summed E-state index contributed by atoms with van der Waals surface area (Å²) in [5, 5.41) is 0.840. The summed E-state index contributed by atoms with van der Waals surface area (Å²) in [6.07, 6.45) is 6.76. The molecule has 0 spiro atoms. The molecule has 0 unspecified atom stereocenters. The van der Waals surface area contributed by atoms with Gasteiger partial charge < -0.3 is 14.6 Å². The first kappa shape index (κ1) is 14.0. The lowest BCUT2D eigenvalue weighted by atomic mass is 10.1. The molecule has 0 aromatic carbocycles. The number of hydrogen-bond acceptors (Lipinski definition) is 5. The molecule has 0 fully saturated rings. The number of rotatable bonds is 4. The summed E-state index contributed by atoms with van der Waals surface area (Å²) in [4.78, 5) is 22.2. The second kappa shape index (κ2) is 5.80. The topological polar surface area (TPSA) is 79.3 Å². The third-order valence-corrected chi connectivity index (χ3v) is 3.12. The molecule has 3 rings (SSSR count). The number of methoxy groups -OCH3 is 1. The third kappa shape index (κ3) is 2.48. The van der Waals surface area contributed by atoms with Crippen molar-refractivity contribution in [2.24, 2.45) is 4.99 Å². The van der Waals surface area contributed by atoms with Crippen LogP contribution >= 0.6 is 0 Å². The molecule has 0 radical (unpaired) electrons. The maximum Gasteiger partial charge on any atom is 0.221 e. The highest BCUT2D eigenvalue weighted by Crippen LogP contribution is 2.36. The fourth-order valence-corrected chi connectivity index (χ4v) is 2.19. The molecule has 3 aromatic rings. The van der Waals surface area contributed by atoms with Crippen LogP contribution in [0.15, 0.2) is 35.8 Å². The van der Waals surface area contributed by atoms with Crippen LogP contribution in [0.2, 0.25) is 0 Å². The highest BCUT2D eigenvalue weighted by atomic mass is 16.5. The molecule has 22 heavy (non-hydrogen) atoms. The average molecular weight is 296 g/mol. The minimum atomic E-state index is 0.551. The summed E-state index contributed by atoms with van der Waals surface area (Å²) in [7, 11) is 5.41. The Morgan fingerprint density at radius 3 is 2.86 bits per heavy atom. The summed E-state index contributed by atoms with van der Waals surface area (Å²) in [5.41, 5.74) is 2.50. The van der Waals surface area contributed by atoms with Gasteiger partial charge in [0.1, 0.15) is 12.0 Å². The number of aromatic amines is 1. The minimum absolute atomic E-state index is 0.551. The smallest absolute Gasteiger partial charge is 0.221 e. The van der Waals surface area contributed by atoms with E-state index in [0.29, 0.717) is 11.7 Å². The van der Waals surface area contributed by atoms with Crippen molar-refractivity contribution < 1.29 is 4.74 Å². The van der Waals surface area contributed by atoms with Crippen LogP contribution in [0.4, 0.5) is 5.82 Å². The van der Waals surface area contributed by atoms with E-state index in [2.05, 4.69) is 24.9 Å². The predicted molar refractivity (Wildman–Crippen MR) is 85.5 cm³/mol. The SMILES string of the molecule is COc1ncccc1-c1c[nH]c2ncnc(/N=C\N(C)C)c12. The standard InChI is InChI=1S/C15H16N6O/c1-21(2)9-20-14-12-11(7-17-13(12)18-8-19-14)10-5-4-6-16-15(10)22-3/h4-9H,1-3H3,(H,17,18,19)/b20-9-. The Kier molecular flexibility index (Phi) is 3.69. The van der Waals surface area contributed by atoms with Crippen LogP contribution in [0.25, 0.3) is 22.2 Å². The molecule has 0 aliphatic heterocycles. The number of hydrogen-bond donors (Lipinski definition) is 1. The van der Waals surface area contributed by atoms with E-state index in [1.807, 2.05) is 37.3 Å². The first-order chi connectivity index (χ1) is 10.7. The highest BCUT2D eigenvalue weighted by Gasteiger charge is 2.15. The number of fused-ring (bicyclic) bond motifs is 1. The Morgan fingerprint density at radius 1 is 1.23 bits per heavy atom. The monoisotopic (exact) mass is 296 g/mol. The molecule has 0 aliphatic rings. The fraction of sp³-hybridized carbons (Fsp3) is 0.200. The number of pyridine rings is 1. The van der Waals surface area contributed by atoms with Crippen LogP contribution < -0.4 is 4.74 Å². The zero-order chi connectivity index (χ0) is 15.5. The molecule has 7 heteroatoms. The van der Waals surface area contributed by atoms with Crippen molar-refractivity contribution in [2.75, 3.05) is 21.2 Å². The van der Waals surface area contributed by atoms with Crippen LogP contribution in [-0.4, -0.2) is 52.4 Å². The third-order valence-electron chi connectivity index (χ3n) is 3.12. The largest absolute Gasteiger partial charge is 0.481 e. The van der Waals surface area contributed by atoms with Crippen LogP contribution in [0, 0.1) is 0 Å². The maximum absolute atomic E-state index is 5.34. The molecule has 0 atom stereocenters. The minimum Gasteiger partial charge on any atom is -0.481 e. The van der Waals surface area contributed by atoms with Gasteiger partial charge in [-0.25, -0.2) is 19.9 Å². The number of nitrogens with zero attached hydrogens (tertiary/aromatic N) is 5. The molecule has 3 heterocycles. The van der Waals surface area contributed by atoms with Gasteiger partial charge in [0.2, 0.25) is 5.88 Å². The van der Waals surface area contributed by atoms with E-state index < -0.39 is 0 Å². The van der Waals surface area contributed by atoms with Gasteiger partial charge in [0.25, 0.3) is 0 Å². The van der Waals surface area contributed by atoms with E-state index in [0.717, 1.165) is 22.2 Å². The molecule has 0 saturated heterocycles. The van der Waals surface area contributed by atoms with E-state index in [1.54, 1.807) is 19.6 Å². The van der Waals surface area contributed by atoms with Gasteiger partial charge in [0, 0.05) is 37.6 Å². The number of H-pyrrole nitrogens is 1. The van der Waals surface area contributed by atoms with Gasteiger partial charge in [0.05, 0.1) is 18.8 Å². The second-order valence-electron chi connectivity index (χ2n) is 4.89. The second-order valence-corrected chi connectivity index (χ2v) is 4.89. The molecule has 0 amide bonds. The van der Waals surface area contributed by atoms with Crippen molar-refractivity contribution in [2.45, 2.75) is 0 Å². The zero-order valence-electron chi connectivity index (χ0n) is 12.6. The van der Waals surface area contributed by atoms with E-state index >= 15 is 0 Å². The Hall–Kier alpha value is -2.96. The number of nitrogens with one attached hydrogen (secondary N) is 1. The van der Waals surface area contributed by atoms with Crippen molar-refractivity contribution >= 4 is 23.2 Å². The normalized spacial score (nSPS) is 11.2. The lowest BCUT2D eigenvalue weighted by Crippen LogP contribution is -2.07. The first-order valence-electron chi connectivity index (χ1n) is 6.72. The van der Waals surface area contributed by atoms with Gasteiger partial charge in [-0.3, -0.25) is 0 Å². The molecule has 0 saturated carbocycles. The van der Waals surface area contributed by atoms with Gasteiger partial charge >= 0.3 is 0 Å². The first-order valence-corrected chi connectivity index (χ1v) is 6.72. The maximum atomic E-state index is 5.34. The predicted octanol–water partition coefficient (Wildman–Crippen LogP) is 2.25. The Labute approximate surface area is 127 Å². The van der Waals surface area contributed by atoms with Gasteiger partial charge in [-0.2, -0.15) is 0 Å². The van der Waals surface area contributed by atoms with Crippen LogP contribution in [0.3, 0.4) is 0 Å². The van der Waals surface area contributed by atoms with Gasteiger partial charge in [-0.1, -0.05) is 0 Å². The van der Waals surface area contributed by atoms with E-state index in [4.69, 9.17) is 4.74 Å². The molecular weight excluding hydrogens is 280 g/mol. The Bertz CT molecular complexity index is 824. The fourth-order valence-electron chi connectivity index (χ4n) is 2.19. The van der Waals surface area contributed by atoms with Crippen molar-refractivity contribution in [3.63, 3.8) is 0 Å². The van der Waals surface area contributed by atoms with Gasteiger partial charge in [-0.05, 0) is 12.1 Å². The number of aliphatic imine (C=N–C) groups is 1. The zero-order valence-corrected chi connectivity index (χ0v) is 12.6. The van der Waals surface area contributed by atoms with Crippen molar-refractivity contribution in [3.05, 3.63) is 30.9 Å². The van der Waals surface area contributed by atoms with Crippen LogP contribution in [0.1, 0.15) is 0 Å². The lowest BCUT2D eigenvalue weighted by molar-refractivity contribution is 0.400. The number of ether oxygens (including phenoxy) is 1. The highest BCUT2D eigenvalue weighted by molar-refractivity contribution is 6.01. The molecule has 7 nitrogen and oxygen atoms in total. The summed E-state index contributed by atoms with van der Waals surface area (Å²) in [6, 6.07) is 3.81. The van der Waals surface area contributed by atoms with Crippen molar-refractivity contribution in [3.8, 4) is 17.0 Å². The molecule has 1 N–H and O–H groups in total. The average Bonchev–Trinajstić information content (AvgIpc) is 2.97. The van der Waals surface area contributed by atoms with Gasteiger partial charge in [0.15, 0.2) is 5.82 Å². The van der Waals surface area contributed by atoms with Crippen LogP contribution in [-0.2, 0) is 0 Å². The van der Waals surface area contributed by atoms with Crippen molar-refractivity contribution in [1.29, 1.82) is 0 Å². The molecule has 0 bridgehead atoms. The Morgan fingerprint density at radius 2 is 2.09 bits per heavy atom. The number of aromatic nitrogens is 4. The quantitative estimate of drug-likeness (QED) is 0.590. The van der Waals surface area contributed by atoms with E-state index in [-0.39, 0.29) is 0 Å². The summed E-state index contributed by atoms with van der Waals surface area (Å²) >= 11 is 0. The van der Waals surface area contributed by atoms with E-state index in [1.165, 1.54) is 6.33 Å². The summed E-state index contributed by atoms with van der Waals surface area (Å²) in [5.74, 6) is 1.15. The molecule has 3 aromatic heterocycles. The lowest BCUT2D eigenvalue weighted by Gasteiger charge is -2.07. The van der Waals surface area contributed by atoms with Crippen LogP contribution in [0.5, 0.6) is 5.88 Å². The Balaban J connectivity index is 2.23. The van der Waals surface area contributed by atoms with Crippen molar-refractivity contribution in [1.82, 2.24) is 24.8 Å². The molecular formula is C15H16N6O. The summed E-state index contributed by atoms with van der Waals surface area (Å²) < 4.78 is 5.34. The molecule has 0 aliphatic carbocycles.